The Balaban J connectivity index is 1.65. The molecule has 2 nitrogen and oxygen atoms in total. The minimum absolute atomic E-state index is 0.0918. The topological polar surface area (TPSA) is 29.1 Å². The van der Waals surface area contributed by atoms with E-state index in [0.29, 0.717) is 16.9 Å². The average molecular weight is 265 g/mol. The molecule has 0 aliphatic heterocycles. The predicted molar refractivity (Wildman–Crippen MR) is 70.4 cm³/mol. The quantitative estimate of drug-likeness (QED) is 0.805. The second-order valence-electron chi connectivity index (χ2n) is 5.48. The van der Waals surface area contributed by atoms with Gasteiger partial charge < -0.3 is 5.32 Å². The molecule has 3 rings (SSSR count). The van der Waals surface area contributed by atoms with Crippen molar-refractivity contribution >= 4 is 18.5 Å². The lowest BCUT2D eigenvalue weighted by Crippen LogP contribution is -2.31. The van der Waals surface area contributed by atoms with Crippen molar-refractivity contribution < 1.29 is 9.18 Å². The number of thiol groups is 1. The number of rotatable bonds is 4. The monoisotopic (exact) mass is 265 g/mol. The van der Waals surface area contributed by atoms with Gasteiger partial charge in [0, 0.05) is 11.4 Å². The summed E-state index contributed by atoms with van der Waals surface area (Å²) in [5.41, 5.74) is 0.430. The summed E-state index contributed by atoms with van der Waals surface area (Å²) in [6.45, 7) is 0.687. The van der Waals surface area contributed by atoms with Crippen molar-refractivity contribution in [2.24, 2.45) is 11.3 Å². The first-order valence-corrected chi connectivity index (χ1v) is 6.82. The predicted octanol–water partition coefficient (Wildman–Crippen LogP) is 3.03. The molecule has 2 aliphatic rings. The van der Waals surface area contributed by atoms with E-state index in [1.165, 1.54) is 37.8 Å². The Morgan fingerprint density at radius 3 is 2.78 bits per heavy atom. The Labute approximate surface area is 111 Å². The largest absolute Gasteiger partial charge is 0.351 e. The van der Waals surface area contributed by atoms with Crippen LogP contribution in [0.25, 0.3) is 0 Å². The van der Waals surface area contributed by atoms with Crippen LogP contribution in [0.1, 0.15) is 36.0 Å². The molecular weight excluding hydrogens is 249 g/mol. The summed E-state index contributed by atoms with van der Waals surface area (Å²) in [6, 6.07) is 4.30. The third-order valence-electron chi connectivity index (χ3n) is 4.13. The average Bonchev–Trinajstić information content (AvgIpc) is 3.21. The second-order valence-corrected chi connectivity index (χ2v) is 6.00. The zero-order valence-corrected chi connectivity index (χ0v) is 11.0. The second kappa shape index (κ2) is 4.26. The Bertz CT molecular complexity index is 495. The summed E-state index contributed by atoms with van der Waals surface area (Å²) < 4.78 is 13.5. The van der Waals surface area contributed by atoms with E-state index in [1.54, 1.807) is 6.07 Å². The Morgan fingerprint density at radius 1 is 1.44 bits per heavy atom. The molecule has 18 heavy (non-hydrogen) atoms. The van der Waals surface area contributed by atoms with Gasteiger partial charge in [-0.1, -0.05) is 0 Å². The normalized spacial score (nSPS) is 20.6. The molecule has 0 spiro atoms. The van der Waals surface area contributed by atoms with Crippen molar-refractivity contribution in [3.05, 3.63) is 29.6 Å². The van der Waals surface area contributed by atoms with Crippen LogP contribution in [0.5, 0.6) is 0 Å². The van der Waals surface area contributed by atoms with Crippen LogP contribution in [-0.2, 0) is 0 Å². The van der Waals surface area contributed by atoms with Crippen molar-refractivity contribution in [1.29, 1.82) is 0 Å². The van der Waals surface area contributed by atoms with Crippen LogP contribution in [0.4, 0.5) is 4.39 Å². The maximum Gasteiger partial charge on any atom is 0.254 e. The van der Waals surface area contributed by atoms with E-state index in [9.17, 15) is 9.18 Å². The highest BCUT2D eigenvalue weighted by atomic mass is 32.1. The molecule has 1 aromatic carbocycles. The molecule has 2 fully saturated rings. The van der Waals surface area contributed by atoms with Crippen molar-refractivity contribution in [3.8, 4) is 0 Å². The number of carbonyl (C=O) groups is 1. The highest BCUT2D eigenvalue weighted by Gasteiger charge is 2.53. The van der Waals surface area contributed by atoms with Gasteiger partial charge in [0.2, 0.25) is 0 Å². The fraction of sp³-hybridized carbons (Fsp3) is 0.500. The lowest BCUT2D eigenvalue weighted by molar-refractivity contribution is 0.0938. The first-order chi connectivity index (χ1) is 8.61. The molecule has 1 amide bonds. The van der Waals surface area contributed by atoms with Crippen LogP contribution in [0.3, 0.4) is 0 Å². The molecule has 0 saturated heterocycles. The van der Waals surface area contributed by atoms with E-state index < -0.39 is 5.82 Å². The number of nitrogens with one attached hydrogen (secondary N) is 1. The molecule has 2 saturated carbocycles. The Hall–Kier alpha value is -1.03. The molecule has 0 unspecified atom stereocenters. The maximum atomic E-state index is 13.5. The van der Waals surface area contributed by atoms with E-state index in [2.05, 4.69) is 17.9 Å². The fourth-order valence-corrected chi connectivity index (χ4v) is 2.83. The van der Waals surface area contributed by atoms with Crippen molar-refractivity contribution in [1.82, 2.24) is 5.32 Å². The van der Waals surface area contributed by atoms with Gasteiger partial charge in [-0.05, 0) is 55.2 Å². The van der Waals surface area contributed by atoms with Crippen LogP contribution in [0, 0.1) is 17.2 Å². The van der Waals surface area contributed by atoms with Gasteiger partial charge >= 0.3 is 0 Å². The summed E-state index contributed by atoms with van der Waals surface area (Å²) in [5, 5.41) is 2.88. The number of hydrogen-bond acceptors (Lipinski definition) is 2. The summed E-state index contributed by atoms with van der Waals surface area (Å²) in [7, 11) is 0. The third kappa shape index (κ3) is 2.26. The lowest BCUT2D eigenvalue weighted by Gasteiger charge is -2.15. The number of benzene rings is 1. The van der Waals surface area contributed by atoms with Crippen LogP contribution in [-0.4, -0.2) is 12.5 Å². The highest BCUT2D eigenvalue weighted by molar-refractivity contribution is 7.80. The Morgan fingerprint density at radius 2 is 2.17 bits per heavy atom. The van der Waals surface area contributed by atoms with Gasteiger partial charge in [0.25, 0.3) is 5.91 Å². The number of hydrogen-bond donors (Lipinski definition) is 2. The van der Waals surface area contributed by atoms with Crippen LogP contribution >= 0.6 is 12.6 Å². The molecule has 0 bridgehead atoms. The summed E-state index contributed by atoms with van der Waals surface area (Å²) in [6.07, 6.45) is 4.98. The first kappa shape index (κ1) is 12.0. The van der Waals surface area contributed by atoms with E-state index in [-0.39, 0.29) is 11.5 Å². The number of halogens is 1. The lowest BCUT2D eigenvalue weighted by atomic mass is 10.0. The minimum atomic E-state index is -0.485. The molecule has 2 aliphatic carbocycles. The van der Waals surface area contributed by atoms with E-state index in [4.69, 9.17) is 0 Å². The third-order valence-corrected chi connectivity index (χ3v) is 4.41. The van der Waals surface area contributed by atoms with Gasteiger partial charge in [0.05, 0.1) is 5.56 Å². The summed E-state index contributed by atoms with van der Waals surface area (Å²) >= 11 is 4.13. The molecule has 0 atom stereocenters. The number of carbonyl (C=O) groups excluding carboxylic acids is 1. The van der Waals surface area contributed by atoms with E-state index in [1.807, 2.05) is 0 Å². The molecule has 0 radical (unpaired) electrons. The van der Waals surface area contributed by atoms with Gasteiger partial charge in [0.15, 0.2) is 0 Å². The van der Waals surface area contributed by atoms with Crippen molar-refractivity contribution in [3.63, 3.8) is 0 Å². The first-order valence-electron chi connectivity index (χ1n) is 6.37. The van der Waals surface area contributed by atoms with Gasteiger partial charge in [-0.3, -0.25) is 4.79 Å². The Kier molecular flexibility index (Phi) is 2.85. The van der Waals surface area contributed by atoms with Gasteiger partial charge in [-0.2, -0.15) is 0 Å². The molecule has 1 aromatic rings. The van der Waals surface area contributed by atoms with E-state index >= 15 is 0 Å². The minimum Gasteiger partial charge on any atom is -0.351 e. The number of amides is 1. The van der Waals surface area contributed by atoms with Crippen LogP contribution in [0.2, 0.25) is 0 Å². The van der Waals surface area contributed by atoms with Crippen molar-refractivity contribution in [2.45, 2.75) is 30.6 Å². The molecule has 0 heterocycles. The zero-order valence-electron chi connectivity index (χ0n) is 10.1. The smallest absolute Gasteiger partial charge is 0.254 e. The van der Waals surface area contributed by atoms with Crippen LogP contribution < -0.4 is 5.32 Å². The molecule has 4 heteroatoms. The van der Waals surface area contributed by atoms with E-state index in [0.717, 1.165) is 5.92 Å². The summed E-state index contributed by atoms with van der Waals surface area (Å²) in [5.74, 6) is -0.0178. The standard InChI is InChI=1S/C14H16FNOS/c15-12-4-3-10(18)7-11(12)13(17)16-8-14(5-6-14)9-1-2-9/h3-4,7,9,18H,1-2,5-6,8H2,(H,16,17). The van der Waals surface area contributed by atoms with Crippen LogP contribution in [0.15, 0.2) is 23.1 Å². The maximum absolute atomic E-state index is 13.5. The van der Waals surface area contributed by atoms with Gasteiger partial charge in [-0.25, -0.2) is 4.39 Å². The molecular formula is C14H16FNOS. The highest BCUT2D eigenvalue weighted by Crippen LogP contribution is 2.60. The van der Waals surface area contributed by atoms with Gasteiger partial charge in [-0.15, -0.1) is 12.6 Å². The molecule has 1 N–H and O–H groups in total. The molecule has 96 valence electrons. The SMILES string of the molecule is O=C(NCC1(C2CC2)CC1)c1cc(S)ccc1F. The summed E-state index contributed by atoms with van der Waals surface area (Å²) in [4.78, 5) is 12.6. The molecule has 0 aromatic heterocycles. The fourth-order valence-electron chi connectivity index (χ4n) is 2.62. The van der Waals surface area contributed by atoms with Crippen molar-refractivity contribution in [2.75, 3.05) is 6.54 Å². The zero-order chi connectivity index (χ0) is 12.8. The van der Waals surface area contributed by atoms with Gasteiger partial charge in [0.1, 0.15) is 5.82 Å².